The summed E-state index contributed by atoms with van der Waals surface area (Å²) in [5, 5.41) is 1.67. The summed E-state index contributed by atoms with van der Waals surface area (Å²) in [6.45, 7) is 5.15. The highest BCUT2D eigenvalue weighted by Gasteiger charge is 2.33. The molecule has 0 bridgehead atoms. The van der Waals surface area contributed by atoms with Gasteiger partial charge in [-0.25, -0.2) is 0 Å². The molecule has 0 radical (unpaired) electrons. The third-order valence-corrected chi connectivity index (χ3v) is 12.4. The molecule has 1 nitrogen and oxygen atoms in total. The van der Waals surface area contributed by atoms with Crippen LogP contribution in [-0.2, 0) is 6.61 Å². The molecule has 2 aliphatic carbocycles. The number of hydrogen-bond acceptors (Lipinski definition) is 1. The fourth-order valence-corrected chi connectivity index (χ4v) is 10.4. The van der Waals surface area contributed by atoms with Crippen molar-refractivity contribution in [3.63, 3.8) is 0 Å². The van der Waals surface area contributed by atoms with E-state index in [1.807, 2.05) is 0 Å². The second-order valence-corrected chi connectivity index (χ2v) is 14.1. The third-order valence-electron chi connectivity index (χ3n) is 8.85. The molecule has 3 aromatic rings. The summed E-state index contributed by atoms with van der Waals surface area (Å²) in [4.78, 5) is 0. The van der Waals surface area contributed by atoms with E-state index in [0.29, 0.717) is 12.5 Å². The molecular formula is C35H45OP. The first kappa shape index (κ1) is 26.5. The number of rotatable bonds is 9. The highest BCUT2D eigenvalue weighted by Crippen LogP contribution is 2.56. The largest absolute Gasteiger partial charge is 0.489 e. The van der Waals surface area contributed by atoms with Gasteiger partial charge in [0, 0.05) is 0 Å². The molecular weight excluding hydrogens is 467 g/mol. The van der Waals surface area contributed by atoms with Gasteiger partial charge in [-0.3, -0.25) is 0 Å². The quantitative estimate of drug-likeness (QED) is 0.259. The van der Waals surface area contributed by atoms with Crippen LogP contribution in [-0.4, -0.2) is 11.3 Å². The van der Waals surface area contributed by atoms with Crippen LogP contribution in [0, 0.1) is 0 Å². The van der Waals surface area contributed by atoms with Gasteiger partial charge in [-0.2, -0.15) is 0 Å². The summed E-state index contributed by atoms with van der Waals surface area (Å²) in [6, 6.07) is 27.2. The van der Waals surface area contributed by atoms with E-state index in [9.17, 15) is 0 Å². The van der Waals surface area contributed by atoms with Gasteiger partial charge >= 0.3 is 0 Å². The monoisotopic (exact) mass is 512 g/mol. The minimum atomic E-state index is -0.121. The average molecular weight is 513 g/mol. The van der Waals surface area contributed by atoms with Crippen molar-refractivity contribution in [1.82, 2.24) is 0 Å². The molecule has 5 rings (SSSR count). The van der Waals surface area contributed by atoms with Crippen molar-refractivity contribution in [1.29, 1.82) is 0 Å². The van der Waals surface area contributed by atoms with E-state index in [0.717, 1.165) is 17.1 Å². The van der Waals surface area contributed by atoms with Crippen LogP contribution >= 0.6 is 7.92 Å². The molecule has 1 atom stereocenters. The lowest BCUT2D eigenvalue weighted by atomic mass is 9.98. The Bertz CT molecular complexity index is 1070. The van der Waals surface area contributed by atoms with Gasteiger partial charge in [-0.15, -0.1) is 0 Å². The van der Waals surface area contributed by atoms with Crippen LogP contribution in [0.4, 0.5) is 0 Å². The summed E-state index contributed by atoms with van der Waals surface area (Å²) in [5.74, 6) is 1.57. The molecule has 0 heterocycles. The molecule has 37 heavy (non-hydrogen) atoms. The Morgan fingerprint density at radius 3 is 1.92 bits per heavy atom. The molecule has 1 unspecified atom stereocenters. The van der Waals surface area contributed by atoms with Crippen LogP contribution < -0.4 is 10.0 Å². The molecule has 2 heteroatoms. The van der Waals surface area contributed by atoms with E-state index in [1.165, 1.54) is 92.9 Å². The van der Waals surface area contributed by atoms with Crippen LogP contribution in [0.2, 0.25) is 0 Å². The highest BCUT2D eigenvalue weighted by molar-refractivity contribution is 7.67. The van der Waals surface area contributed by atoms with Crippen molar-refractivity contribution in [3.8, 4) is 16.9 Å². The lowest BCUT2D eigenvalue weighted by molar-refractivity contribution is 0.306. The molecule has 0 saturated heterocycles. The van der Waals surface area contributed by atoms with Crippen LogP contribution in [0.3, 0.4) is 0 Å². The third kappa shape index (κ3) is 6.67. The van der Waals surface area contributed by atoms with Gasteiger partial charge in [0.15, 0.2) is 0 Å². The normalized spacial score (nSPS) is 18.1. The maximum absolute atomic E-state index is 6.18. The average Bonchev–Trinajstić information content (AvgIpc) is 2.98. The van der Waals surface area contributed by atoms with E-state index < -0.39 is 0 Å². The van der Waals surface area contributed by atoms with Gasteiger partial charge in [0.25, 0.3) is 0 Å². The molecule has 196 valence electrons. The second kappa shape index (κ2) is 13.1. The van der Waals surface area contributed by atoms with Crippen LogP contribution in [0.1, 0.15) is 102 Å². The predicted molar refractivity (Wildman–Crippen MR) is 162 cm³/mol. The Morgan fingerprint density at radius 2 is 1.32 bits per heavy atom. The van der Waals surface area contributed by atoms with E-state index in [4.69, 9.17) is 4.74 Å². The SMILES string of the molecule is CCC(C)c1ccc(COc2ccc(-c3ccccc3P(C3CCCCC3)C3CCCCC3)cc2)cc1. The van der Waals surface area contributed by atoms with E-state index in [-0.39, 0.29) is 7.92 Å². The maximum Gasteiger partial charge on any atom is 0.119 e. The highest BCUT2D eigenvalue weighted by atomic mass is 31.1. The van der Waals surface area contributed by atoms with Gasteiger partial charge < -0.3 is 4.74 Å². The summed E-state index contributed by atoms with van der Waals surface area (Å²) in [5.41, 5.74) is 7.30. The first-order valence-electron chi connectivity index (χ1n) is 14.9. The molecule has 0 aliphatic heterocycles. The Kier molecular flexibility index (Phi) is 9.38. The van der Waals surface area contributed by atoms with E-state index in [2.05, 4.69) is 86.6 Å². The molecule has 2 fully saturated rings. The zero-order chi connectivity index (χ0) is 25.5. The molecule has 0 spiro atoms. The van der Waals surface area contributed by atoms with Gasteiger partial charge in [0.1, 0.15) is 12.4 Å². The first-order chi connectivity index (χ1) is 18.2. The topological polar surface area (TPSA) is 9.23 Å². The lowest BCUT2D eigenvalue weighted by Crippen LogP contribution is -2.27. The van der Waals surface area contributed by atoms with E-state index >= 15 is 0 Å². The second-order valence-electron chi connectivity index (χ2n) is 11.4. The van der Waals surface area contributed by atoms with Crippen LogP contribution in [0.15, 0.2) is 72.8 Å². The van der Waals surface area contributed by atoms with Crippen molar-refractivity contribution in [2.45, 2.75) is 108 Å². The van der Waals surface area contributed by atoms with Crippen molar-refractivity contribution < 1.29 is 4.74 Å². The number of benzene rings is 3. The smallest absolute Gasteiger partial charge is 0.119 e. The number of hydrogen-bond donors (Lipinski definition) is 0. The molecule has 0 aromatic heterocycles. The van der Waals surface area contributed by atoms with Crippen LogP contribution in [0.5, 0.6) is 5.75 Å². The standard InChI is InChI=1S/C35H45OP/c1-3-27(2)29-20-18-28(19-21-29)26-36-31-24-22-30(23-25-31)34-16-10-11-17-35(34)37(32-12-6-4-7-13-32)33-14-8-5-9-15-33/h10-11,16-25,27,32-33H,3-9,12-15,26H2,1-2H3. The van der Waals surface area contributed by atoms with Gasteiger partial charge in [0.2, 0.25) is 0 Å². The summed E-state index contributed by atoms with van der Waals surface area (Å²) in [6.07, 6.45) is 15.6. The Hall–Kier alpha value is -2.11. The Labute approximate surface area is 226 Å². The molecule has 3 aromatic carbocycles. The summed E-state index contributed by atoms with van der Waals surface area (Å²) in [7, 11) is -0.121. The van der Waals surface area contributed by atoms with Crippen molar-refractivity contribution in [2.75, 3.05) is 0 Å². The van der Waals surface area contributed by atoms with E-state index in [1.54, 1.807) is 5.30 Å². The summed E-state index contributed by atoms with van der Waals surface area (Å²) >= 11 is 0. The Balaban J connectivity index is 1.32. The maximum atomic E-state index is 6.18. The zero-order valence-electron chi connectivity index (χ0n) is 23.0. The van der Waals surface area contributed by atoms with Gasteiger partial charge in [-0.05, 0) is 89.0 Å². The molecule has 0 N–H and O–H groups in total. The van der Waals surface area contributed by atoms with Gasteiger partial charge in [0.05, 0.1) is 0 Å². The minimum absolute atomic E-state index is 0.121. The van der Waals surface area contributed by atoms with Crippen molar-refractivity contribution >= 4 is 13.2 Å². The first-order valence-corrected chi connectivity index (χ1v) is 16.4. The number of ether oxygens (including phenoxy) is 1. The van der Waals surface area contributed by atoms with Crippen molar-refractivity contribution in [2.24, 2.45) is 0 Å². The molecule has 0 amide bonds. The predicted octanol–water partition coefficient (Wildman–Crippen LogP) is 10.2. The van der Waals surface area contributed by atoms with Crippen LogP contribution in [0.25, 0.3) is 11.1 Å². The summed E-state index contributed by atoms with van der Waals surface area (Å²) < 4.78 is 6.18. The molecule has 2 saturated carbocycles. The minimum Gasteiger partial charge on any atom is -0.489 e. The fourth-order valence-electron chi connectivity index (χ4n) is 6.43. The fraction of sp³-hybridized carbons (Fsp3) is 0.486. The Morgan fingerprint density at radius 1 is 0.730 bits per heavy atom. The van der Waals surface area contributed by atoms with Gasteiger partial charge in [-0.1, -0.05) is 121 Å². The zero-order valence-corrected chi connectivity index (χ0v) is 23.9. The molecule has 2 aliphatic rings. The lowest BCUT2D eigenvalue weighted by Gasteiger charge is -2.39. The van der Waals surface area contributed by atoms with Crippen molar-refractivity contribution in [3.05, 3.63) is 83.9 Å².